The lowest BCUT2D eigenvalue weighted by Crippen LogP contribution is -2.63. The number of Topliss-reactive ketones (excluding diaryl/α,β-unsaturated/α-hetero) is 2. The first-order valence-electron chi connectivity index (χ1n) is 24.4. The first-order chi connectivity index (χ1) is 36.7. The predicted octanol–water partition coefficient (Wildman–Crippen LogP) is 18.2. The molecule has 18 heteroatoms. The van der Waals surface area contributed by atoms with E-state index in [1.165, 1.54) is 47.5 Å². The molecule has 0 heterocycles. The first kappa shape index (κ1) is 67.8. The summed E-state index contributed by atoms with van der Waals surface area (Å²) in [5, 5.41) is -0.988. The van der Waals surface area contributed by atoms with Crippen molar-refractivity contribution in [3.8, 4) is 0 Å². The lowest BCUT2D eigenvalue weighted by atomic mass is 9.62. The fourth-order valence-electron chi connectivity index (χ4n) is 9.45. The van der Waals surface area contributed by atoms with Crippen molar-refractivity contribution in [2.45, 2.75) is 110 Å². The minimum Gasteiger partial charge on any atom is -0.373 e. The average Bonchev–Trinajstić information content (AvgIpc) is 3.37. The predicted molar refractivity (Wildman–Crippen MR) is 308 cm³/mol. The van der Waals surface area contributed by atoms with E-state index in [0.717, 1.165) is 42.2 Å². The lowest BCUT2D eigenvalue weighted by molar-refractivity contribution is -0.134. The summed E-state index contributed by atoms with van der Waals surface area (Å²) in [6.07, 6.45) is 1.41. The van der Waals surface area contributed by atoms with Gasteiger partial charge in [-0.25, -0.2) is 26.3 Å². The number of rotatable bonds is 15. The van der Waals surface area contributed by atoms with Gasteiger partial charge in [0.1, 0.15) is 40.7 Å². The highest BCUT2D eigenvalue weighted by atomic mass is 35.6. The van der Waals surface area contributed by atoms with E-state index in [0.29, 0.717) is 42.7 Å². The second-order valence-corrected chi connectivity index (χ2v) is 23.6. The van der Waals surface area contributed by atoms with Crippen molar-refractivity contribution in [1.82, 2.24) is 0 Å². The maximum Gasteiger partial charge on any atom is 0.273 e. The Morgan fingerprint density at radius 1 is 0.512 bits per heavy atom. The molecule has 3 fully saturated rings. The summed E-state index contributed by atoms with van der Waals surface area (Å²) in [7, 11) is 0. The third-order valence-corrected chi connectivity index (χ3v) is 16.1. The largest absolute Gasteiger partial charge is 0.373 e. The second-order valence-electron chi connectivity index (χ2n) is 19.7. The average molecular weight is 1230 g/mol. The number of carbonyl (C=O) groups excluding carboxylic acids is 3. The second kappa shape index (κ2) is 29.0. The molecule has 0 aliphatic heterocycles. The van der Waals surface area contributed by atoms with E-state index in [1.54, 1.807) is 13.8 Å². The van der Waals surface area contributed by atoms with Crippen molar-refractivity contribution in [2.75, 3.05) is 19.8 Å². The maximum atomic E-state index is 13.4. The van der Waals surface area contributed by atoms with Gasteiger partial charge in [0.05, 0.1) is 43.5 Å². The van der Waals surface area contributed by atoms with Gasteiger partial charge in [-0.2, -0.15) is 0 Å². The topological polar surface area (TPSA) is 78.9 Å². The molecule has 3 saturated carbocycles. The first-order valence-corrected chi connectivity index (χ1v) is 26.7. The molecular formula is C62H62Cl6F6O6. The third kappa shape index (κ3) is 17.2. The highest BCUT2D eigenvalue weighted by Gasteiger charge is 2.65. The number of alkyl halides is 5. The molecule has 0 aromatic heterocycles. The number of benzene rings is 6. The molecule has 0 radical (unpaired) electrons. The molecule has 6 aromatic carbocycles. The van der Waals surface area contributed by atoms with Gasteiger partial charge in [0.15, 0.2) is 10.1 Å². The van der Waals surface area contributed by atoms with Gasteiger partial charge in [-0.3, -0.25) is 14.4 Å². The lowest BCUT2D eigenvalue weighted by Gasteiger charge is -2.50. The Kier molecular flexibility index (Phi) is 24.6. The van der Waals surface area contributed by atoms with E-state index in [1.807, 2.05) is 85.8 Å². The van der Waals surface area contributed by atoms with Crippen LogP contribution in [0.3, 0.4) is 0 Å². The van der Waals surface area contributed by atoms with Crippen LogP contribution in [0.1, 0.15) is 119 Å². The summed E-state index contributed by atoms with van der Waals surface area (Å²) >= 11 is 32.1. The van der Waals surface area contributed by atoms with Crippen molar-refractivity contribution in [1.29, 1.82) is 0 Å². The van der Waals surface area contributed by atoms with Crippen LogP contribution in [0.4, 0.5) is 26.3 Å². The van der Waals surface area contributed by atoms with Crippen LogP contribution in [0.5, 0.6) is 0 Å². The van der Waals surface area contributed by atoms with E-state index in [4.69, 9.17) is 83.8 Å². The van der Waals surface area contributed by atoms with Crippen LogP contribution in [0.2, 0.25) is 0 Å². The smallest absolute Gasteiger partial charge is 0.273 e. The van der Waals surface area contributed by atoms with Gasteiger partial charge in [0.2, 0.25) is 0 Å². The van der Waals surface area contributed by atoms with Crippen LogP contribution in [0.15, 0.2) is 158 Å². The van der Waals surface area contributed by atoms with Crippen molar-refractivity contribution in [3.05, 3.63) is 226 Å². The number of carbonyl (C=O) groups is 3. The fraction of sp³-hybridized carbons (Fsp3) is 0.339. The molecule has 3 aliphatic rings. The Labute approximate surface area is 494 Å². The highest BCUT2D eigenvalue weighted by molar-refractivity contribution is 6.88. The Balaban J connectivity index is 0.000000241. The number of halogens is 12. The molecule has 1 unspecified atom stereocenters. The molecule has 0 saturated heterocycles. The van der Waals surface area contributed by atoms with Gasteiger partial charge >= 0.3 is 0 Å². The van der Waals surface area contributed by atoms with E-state index >= 15 is 0 Å². The van der Waals surface area contributed by atoms with E-state index in [9.17, 15) is 40.7 Å². The molecule has 3 aliphatic carbocycles. The zero-order valence-electron chi connectivity index (χ0n) is 42.4. The van der Waals surface area contributed by atoms with Gasteiger partial charge < -0.3 is 14.2 Å². The number of hydrogen-bond donors (Lipinski definition) is 0. The molecular weight excluding hydrogens is 1170 g/mol. The maximum absolute atomic E-state index is 13.4. The van der Waals surface area contributed by atoms with Crippen molar-refractivity contribution >= 4 is 86.4 Å². The van der Waals surface area contributed by atoms with Gasteiger partial charge in [0.25, 0.3) is 9.03 Å². The van der Waals surface area contributed by atoms with Gasteiger partial charge in [-0.05, 0) is 115 Å². The van der Waals surface area contributed by atoms with Crippen LogP contribution >= 0.6 is 69.6 Å². The van der Waals surface area contributed by atoms with E-state index < -0.39 is 65.9 Å². The summed E-state index contributed by atoms with van der Waals surface area (Å²) in [4.78, 5) is 33.3. The summed E-state index contributed by atoms with van der Waals surface area (Å²) in [5.74, 6) is -3.80. The Morgan fingerprint density at radius 2 is 0.800 bits per heavy atom. The molecule has 430 valence electrons. The standard InChI is InChI=1S/C20H20F2O.C19H16Cl2F2O2.C19H18F2O2.C2Cl4O.2CH4/c1-14-11-20(12-14,17-6-4-3-5-7-17)13-23-15(2)16-8-18(21)10-19(22)9-16;1-12(13-7-15(22)9-16(23)8-13)25-11-18(10-17(24)19(18,20)21)14-5-3-2-4-6-14;1-13(14-7-16(20)9-17(21)8-14)23-12-19(10-18(22)11-19)15-5-3-2-4-6-15;3-1(7)2(4,5)6;;/h3-10,15H,1,11-13H2,2H3;2-9,12H,10-11H2,1H3;2-9,13H,10-12H2,1H3;;2*1H4/t15-;12-,18?;13-;;;/m111.../s1. The fourth-order valence-corrected chi connectivity index (χ4v) is 10.0. The molecule has 6 nitrogen and oxygen atoms in total. The number of ether oxygens (including phenoxy) is 3. The quantitative estimate of drug-likeness (QED) is 0.0441. The Bertz CT molecular complexity index is 2850. The zero-order valence-corrected chi connectivity index (χ0v) is 47.0. The third-order valence-electron chi connectivity index (χ3n) is 13.8. The molecule has 0 bridgehead atoms. The molecule has 0 amide bonds. The number of allylic oxidation sites excluding steroid dienone is 1. The minimum atomic E-state index is -1.96. The molecule has 4 atom stereocenters. The number of ketones is 2. The normalized spacial score (nSPS) is 18.4. The minimum absolute atomic E-state index is 0. The molecule has 80 heavy (non-hydrogen) atoms. The van der Waals surface area contributed by atoms with Crippen LogP contribution in [-0.2, 0) is 44.8 Å². The van der Waals surface area contributed by atoms with Crippen LogP contribution in [0.25, 0.3) is 0 Å². The highest BCUT2D eigenvalue weighted by Crippen LogP contribution is 2.56. The summed E-state index contributed by atoms with van der Waals surface area (Å²) in [6, 6.07) is 39.3. The molecule has 6 aromatic rings. The van der Waals surface area contributed by atoms with Crippen molar-refractivity contribution in [3.63, 3.8) is 0 Å². The van der Waals surface area contributed by atoms with Gasteiger partial charge in [0, 0.05) is 48.3 Å². The van der Waals surface area contributed by atoms with Crippen LogP contribution in [0, 0.1) is 34.9 Å². The van der Waals surface area contributed by atoms with Crippen molar-refractivity contribution < 1.29 is 54.9 Å². The molecule has 9 rings (SSSR count). The number of hydrogen-bond acceptors (Lipinski definition) is 6. The Morgan fingerprint density at radius 3 is 1.06 bits per heavy atom. The summed E-state index contributed by atoms with van der Waals surface area (Å²) in [6.45, 7) is 10.2. The summed E-state index contributed by atoms with van der Waals surface area (Å²) < 4.78 is 94.2. The van der Waals surface area contributed by atoms with E-state index in [-0.39, 0.29) is 56.4 Å². The zero-order chi connectivity index (χ0) is 57.2. The monoisotopic (exact) mass is 1230 g/mol. The van der Waals surface area contributed by atoms with Gasteiger partial charge in [-0.1, -0.05) is 176 Å². The van der Waals surface area contributed by atoms with Gasteiger partial charge in [-0.15, -0.1) is 0 Å². The van der Waals surface area contributed by atoms with Crippen LogP contribution in [-0.4, -0.2) is 44.8 Å². The molecule has 0 N–H and O–H groups in total. The van der Waals surface area contributed by atoms with Crippen molar-refractivity contribution in [2.24, 2.45) is 0 Å². The SMILES string of the molecule is C.C.C=C1CC(CO[C@H](C)c2cc(F)cc(F)c2)(c2ccccc2)C1.C[C@@H](OCC1(c2ccccc2)CC(=O)C1(Cl)Cl)c1cc(F)cc(F)c1.C[C@@H](OCC1(c2ccccc2)CC(=O)C1)c1cc(F)cc(F)c1.O=C(Cl)C(Cl)(Cl)Cl. The molecule has 0 spiro atoms. The summed E-state index contributed by atoms with van der Waals surface area (Å²) in [5.41, 5.74) is 4.34. The van der Waals surface area contributed by atoms with Crippen LogP contribution < -0.4 is 0 Å². The van der Waals surface area contributed by atoms with E-state index in [2.05, 4.69) is 18.7 Å². The Hall–Kier alpha value is -4.73.